The zero-order valence-corrected chi connectivity index (χ0v) is 18.9. The van der Waals surface area contributed by atoms with Crippen LogP contribution in [0.4, 0.5) is 18.3 Å². The summed E-state index contributed by atoms with van der Waals surface area (Å²) in [5.74, 6) is 0.238. The van der Waals surface area contributed by atoms with E-state index in [2.05, 4.69) is 9.88 Å². The summed E-state index contributed by atoms with van der Waals surface area (Å²) >= 11 is 1.35. The number of thiazole rings is 1. The van der Waals surface area contributed by atoms with Crippen LogP contribution in [-0.4, -0.2) is 61.8 Å². The SMILES string of the molecule is CCOc1cccc2sc(N(CCN3CCOCC3)C(=O)c3ccc(C(F)(F)F)cc3)nc12. The number of fused-ring (bicyclic) bond motifs is 1. The third kappa shape index (κ3) is 5.45. The lowest BCUT2D eigenvalue weighted by Gasteiger charge is -2.29. The van der Waals surface area contributed by atoms with E-state index in [4.69, 9.17) is 9.47 Å². The van der Waals surface area contributed by atoms with Crippen molar-refractivity contribution in [2.75, 3.05) is 50.9 Å². The van der Waals surface area contributed by atoms with Gasteiger partial charge in [-0.1, -0.05) is 17.4 Å². The molecule has 1 fully saturated rings. The molecule has 0 bridgehead atoms. The Balaban J connectivity index is 1.65. The molecule has 0 saturated carbocycles. The molecular weight excluding hydrogens is 455 g/mol. The van der Waals surface area contributed by atoms with Gasteiger partial charge in [0.15, 0.2) is 5.13 Å². The third-order valence-electron chi connectivity index (χ3n) is 5.35. The Bertz CT molecular complexity index is 1100. The van der Waals surface area contributed by atoms with Gasteiger partial charge in [-0.15, -0.1) is 0 Å². The van der Waals surface area contributed by atoms with Gasteiger partial charge in [-0.3, -0.25) is 14.6 Å². The molecule has 6 nitrogen and oxygen atoms in total. The molecular formula is C23H24F3N3O3S. The number of para-hydroxylation sites is 1. The maximum absolute atomic E-state index is 13.4. The van der Waals surface area contributed by atoms with Gasteiger partial charge in [-0.05, 0) is 43.3 Å². The largest absolute Gasteiger partial charge is 0.492 e. The Hall–Kier alpha value is -2.69. The van der Waals surface area contributed by atoms with Crippen molar-refractivity contribution in [2.45, 2.75) is 13.1 Å². The molecule has 0 aliphatic carbocycles. The smallest absolute Gasteiger partial charge is 0.416 e. The number of anilines is 1. The molecule has 3 aromatic rings. The summed E-state index contributed by atoms with van der Waals surface area (Å²) < 4.78 is 50.8. The monoisotopic (exact) mass is 479 g/mol. The summed E-state index contributed by atoms with van der Waals surface area (Å²) in [5.41, 5.74) is 0.0467. The number of carbonyl (C=O) groups is 1. The lowest BCUT2D eigenvalue weighted by atomic mass is 10.1. The minimum absolute atomic E-state index is 0.175. The van der Waals surface area contributed by atoms with Crippen LogP contribution in [0, 0.1) is 0 Å². The molecule has 33 heavy (non-hydrogen) atoms. The van der Waals surface area contributed by atoms with Crippen molar-refractivity contribution >= 4 is 32.6 Å². The van der Waals surface area contributed by atoms with Gasteiger partial charge in [0.2, 0.25) is 0 Å². The molecule has 1 amide bonds. The zero-order chi connectivity index (χ0) is 23.4. The average Bonchev–Trinajstić information content (AvgIpc) is 3.24. The summed E-state index contributed by atoms with van der Waals surface area (Å²) in [5, 5.41) is 0.482. The second kappa shape index (κ2) is 10.1. The standard InChI is InChI=1S/C23H24F3N3O3S/c1-2-32-18-4-3-5-19-20(18)27-22(33-19)29(11-10-28-12-14-31-15-13-28)21(30)16-6-8-17(9-7-16)23(24,25)26/h3-9H,2,10-15H2,1H3. The van der Waals surface area contributed by atoms with Gasteiger partial charge in [0.05, 0.1) is 30.1 Å². The number of aromatic nitrogens is 1. The van der Waals surface area contributed by atoms with Crippen molar-refractivity contribution in [3.63, 3.8) is 0 Å². The highest BCUT2D eigenvalue weighted by atomic mass is 32.1. The molecule has 1 aliphatic rings. The molecule has 1 aromatic heterocycles. The summed E-state index contributed by atoms with van der Waals surface area (Å²) in [6, 6.07) is 9.88. The average molecular weight is 480 g/mol. The van der Waals surface area contributed by atoms with Crippen LogP contribution < -0.4 is 9.64 Å². The van der Waals surface area contributed by atoms with Gasteiger partial charge in [0, 0.05) is 31.7 Å². The molecule has 0 spiro atoms. The first-order chi connectivity index (χ1) is 15.9. The fourth-order valence-electron chi connectivity index (χ4n) is 3.61. The van der Waals surface area contributed by atoms with E-state index in [1.807, 2.05) is 25.1 Å². The van der Waals surface area contributed by atoms with Gasteiger partial charge in [-0.25, -0.2) is 4.98 Å². The summed E-state index contributed by atoms with van der Waals surface area (Å²) in [4.78, 5) is 21.8. The van der Waals surface area contributed by atoms with Crippen LogP contribution in [0.2, 0.25) is 0 Å². The van der Waals surface area contributed by atoms with Gasteiger partial charge in [0.25, 0.3) is 5.91 Å². The number of carbonyl (C=O) groups excluding carboxylic acids is 1. The van der Waals surface area contributed by atoms with E-state index in [0.29, 0.717) is 49.3 Å². The van der Waals surface area contributed by atoms with E-state index in [1.165, 1.54) is 23.5 Å². The number of alkyl halides is 3. The summed E-state index contributed by atoms with van der Waals surface area (Å²) in [7, 11) is 0. The first kappa shape index (κ1) is 23.5. The van der Waals surface area contributed by atoms with Crippen LogP contribution in [0.1, 0.15) is 22.8 Å². The maximum atomic E-state index is 13.4. The normalized spacial score (nSPS) is 15.0. The molecule has 4 rings (SSSR count). The Morgan fingerprint density at radius 3 is 2.58 bits per heavy atom. The fourth-order valence-corrected chi connectivity index (χ4v) is 4.61. The fraction of sp³-hybridized carbons (Fsp3) is 0.391. The lowest BCUT2D eigenvalue weighted by molar-refractivity contribution is -0.137. The van der Waals surface area contributed by atoms with E-state index in [1.54, 1.807) is 4.90 Å². The van der Waals surface area contributed by atoms with Crippen molar-refractivity contribution in [1.82, 2.24) is 9.88 Å². The zero-order valence-electron chi connectivity index (χ0n) is 18.1. The quantitative estimate of drug-likeness (QED) is 0.492. The minimum Gasteiger partial charge on any atom is -0.492 e. The number of morpholine rings is 1. The molecule has 2 aromatic carbocycles. The Morgan fingerprint density at radius 2 is 1.91 bits per heavy atom. The summed E-state index contributed by atoms with van der Waals surface area (Å²) in [6.07, 6.45) is -4.46. The predicted molar refractivity (Wildman–Crippen MR) is 121 cm³/mol. The number of benzene rings is 2. The van der Waals surface area contributed by atoms with Crippen molar-refractivity contribution in [1.29, 1.82) is 0 Å². The van der Waals surface area contributed by atoms with Crippen LogP contribution in [-0.2, 0) is 10.9 Å². The van der Waals surface area contributed by atoms with Gasteiger partial charge in [0.1, 0.15) is 11.3 Å². The molecule has 0 N–H and O–H groups in total. The van der Waals surface area contributed by atoms with Crippen LogP contribution in [0.3, 0.4) is 0 Å². The highest BCUT2D eigenvalue weighted by molar-refractivity contribution is 7.22. The number of amides is 1. The highest BCUT2D eigenvalue weighted by Crippen LogP contribution is 2.35. The number of rotatable bonds is 7. The first-order valence-electron chi connectivity index (χ1n) is 10.7. The minimum atomic E-state index is -4.46. The Labute approximate surface area is 193 Å². The second-order valence-electron chi connectivity index (χ2n) is 7.52. The van der Waals surface area contributed by atoms with Gasteiger partial charge >= 0.3 is 6.18 Å². The van der Waals surface area contributed by atoms with E-state index >= 15 is 0 Å². The summed E-state index contributed by atoms with van der Waals surface area (Å²) in [6.45, 7) is 6.10. The maximum Gasteiger partial charge on any atom is 0.416 e. The van der Waals surface area contributed by atoms with Crippen LogP contribution >= 0.6 is 11.3 Å². The lowest BCUT2D eigenvalue weighted by Crippen LogP contribution is -2.43. The first-order valence-corrected chi connectivity index (χ1v) is 11.5. The van der Waals surface area contributed by atoms with Crippen molar-refractivity contribution in [3.05, 3.63) is 53.6 Å². The van der Waals surface area contributed by atoms with E-state index in [0.717, 1.165) is 29.9 Å². The molecule has 1 saturated heterocycles. The van der Waals surface area contributed by atoms with Crippen LogP contribution in [0.5, 0.6) is 5.75 Å². The van der Waals surface area contributed by atoms with Gasteiger partial charge < -0.3 is 9.47 Å². The second-order valence-corrected chi connectivity index (χ2v) is 8.53. The molecule has 0 atom stereocenters. The molecule has 176 valence electrons. The van der Waals surface area contributed by atoms with Gasteiger partial charge in [-0.2, -0.15) is 13.2 Å². The predicted octanol–water partition coefficient (Wildman–Crippen LogP) is 4.69. The van der Waals surface area contributed by atoms with E-state index in [-0.39, 0.29) is 5.56 Å². The highest BCUT2D eigenvalue weighted by Gasteiger charge is 2.31. The molecule has 10 heteroatoms. The van der Waals surface area contributed by atoms with Crippen molar-refractivity contribution in [3.8, 4) is 5.75 Å². The van der Waals surface area contributed by atoms with Crippen LogP contribution in [0.25, 0.3) is 10.2 Å². The van der Waals surface area contributed by atoms with Crippen molar-refractivity contribution < 1.29 is 27.4 Å². The van der Waals surface area contributed by atoms with Crippen LogP contribution in [0.15, 0.2) is 42.5 Å². The molecule has 0 radical (unpaired) electrons. The number of ether oxygens (including phenoxy) is 2. The number of nitrogens with zero attached hydrogens (tertiary/aromatic N) is 3. The number of hydrogen-bond donors (Lipinski definition) is 0. The molecule has 2 heterocycles. The number of hydrogen-bond acceptors (Lipinski definition) is 6. The molecule has 1 aliphatic heterocycles. The number of halogens is 3. The Morgan fingerprint density at radius 1 is 1.18 bits per heavy atom. The van der Waals surface area contributed by atoms with E-state index in [9.17, 15) is 18.0 Å². The topological polar surface area (TPSA) is 54.9 Å². The Kier molecular flexibility index (Phi) is 7.16. The molecule has 0 unspecified atom stereocenters. The van der Waals surface area contributed by atoms with E-state index < -0.39 is 17.6 Å². The van der Waals surface area contributed by atoms with Crippen molar-refractivity contribution in [2.24, 2.45) is 0 Å². The third-order valence-corrected chi connectivity index (χ3v) is 6.39.